The van der Waals surface area contributed by atoms with Crippen molar-refractivity contribution in [2.75, 3.05) is 0 Å². The summed E-state index contributed by atoms with van der Waals surface area (Å²) in [5.74, 6) is -4.17. The zero-order valence-corrected chi connectivity index (χ0v) is 9.29. The van der Waals surface area contributed by atoms with E-state index < -0.39 is 24.5 Å². The summed E-state index contributed by atoms with van der Waals surface area (Å²) < 4.78 is 37.3. The average Bonchev–Trinajstić information content (AvgIpc) is 2.24. The number of aryl methyl sites for hydroxylation is 1. The lowest BCUT2D eigenvalue weighted by molar-refractivity contribution is -0.193. The molecule has 1 unspecified atom stereocenters. The molecular weight excluding hydrogens is 233 g/mol. The Labute approximate surface area is 97.1 Å². The summed E-state index contributed by atoms with van der Waals surface area (Å²) in [4.78, 5) is 10.6. The Hall–Kier alpha value is -1.52. The molecule has 1 N–H and O–H groups in total. The number of carboxylic acid groups (broad SMARTS) is 1. The average molecular weight is 246 g/mol. The van der Waals surface area contributed by atoms with E-state index in [1.807, 2.05) is 6.92 Å². The topological polar surface area (TPSA) is 37.3 Å². The van der Waals surface area contributed by atoms with Crippen LogP contribution in [0.15, 0.2) is 24.3 Å². The first-order chi connectivity index (χ1) is 7.84. The Morgan fingerprint density at radius 2 is 1.71 bits per heavy atom. The molecular formula is C12H13F3O2. The number of hydrogen-bond acceptors (Lipinski definition) is 1. The van der Waals surface area contributed by atoms with Gasteiger partial charge in [-0.2, -0.15) is 13.2 Å². The van der Waals surface area contributed by atoms with E-state index in [2.05, 4.69) is 0 Å². The maximum atomic E-state index is 12.4. The highest BCUT2D eigenvalue weighted by Gasteiger charge is 2.44. The van der Waals surface area contributed by atoms with Crippen molar-refractivity contribution in [3.63, 3.8) is 0 Å². The van der Waals surface area contributed by atoms with Gasteiger partial charge in [0, 0.05) is 0 Å². The van der Waals surface area contributed by atoms with Crippen molar-refractivity contribution in [2.45, 2.75) is 25.9 Å². The lowest BCUT2D eigenvalue weighted by Crippen LogP contribution is -2.32. The van der Waals surface area contributed by atoms with Gasteiger partial charge in [0.15, 0.2) is 5.92 Å². The van der Waals surface area contributed by atoms with Crippen LogP contribution in [-0.2, 0) is 17.6 Å². The number of rotatable bonds is 4. The van der Waals surface area contributed by atoms with Crippen molar-refractivity contribution in [1.29, 1.82) is 0 Å². The van der Waals surface area contributed by atoms with Gasteiger partial charge in [0.1, 0.15) is 0 Å². The third-order valence-electron chi connectivity index (χ3n) is 2.56. The van der Waals surface area contributed by atoms with Crippen LogP contribution in [0.2, 0.25) is 0 Å². The second-order valence-corrected chi connectivity index (χ2v) is 3.81. The van der Waals surface area contributed by atoms with Gasteiger partial charge in [-0.15, -0.1) is 0 Å². The molecule has 2 nitrogen and oxygen atoms in total. The van der Waals surface area contributed by atoms with Crippen molar-refractivity contribution in [2.24, 2.45) is 5.92 Å². The highest BCUT2D eigenvalue weighted by Crippen LogP contribution is 2.29. The van der Waals surface area contributed by atoms with Crippen LogP contribution >= 0.6 is 0 Å². The fourth-order valence-electron chi connectivity index (χ4n) is 1.49. The lowest BCUT2D eigenvalue weighted by Gasteiger charge is -2.16. The van der Waals surface area contributed by atoms with Gasteiger partial charge in [-0.25, -0.2) is 0 Å². The number of halogens is 3. The number of aliphatic carboxylic acids is 1. The first kappa shape index (κ1) is 13.5. The van der Waals surface area contributed by atoms with Crippen LogP contribution in [0.5, 0.6) is 0 Å². The third kappa shape index (κ3) is 3.76. The monoisotopic (exact) mass is 246 g/mol. The molecule has 0 aliphatic heterocycles. The Bertz CT molecular complexity index is 382. The van der Waals surface area contributed by atoms with E-state index in [0.717, 1.165) is 12.0 Å². The van der Waals surface area contributed by atoms with E-state index in [9.17, 15) is 18.0 Å². The molecule has 0 bridgehead atoms. The van der Waals surface area contributed by atoms with Crippen molar-refractivity contribution < 1.29 is 23.1 Å². The summed E-state index contributed by atoms with van der Waals surface area (Å²) in [6.45, 7) is 1.94. The Balaban J connectivity index is 2.83. The molecule has 0 radical (unpaired) electrons. The van der Waals surface area contributed by atoms with Gasteiger partial charge in [-0.05, 0) is 24.0 Å². The Kier molecular flexibility index (Phi) is 4.15. The zero-order chi connectivity index (χ0) is 13.1. The zero-order valence-electron chi connectivity index (χ0n) is 9.29. The molecule has 0 aliphatic carbocycles. The quantitative estimate of drug-likeness (QED) is 0.886. The minimum Gasteiger partial charge on any atom is -0.481 e. The second kappa shape index (κ2) is 5.21. The molecule has 1 atom stereocenters. The minimum atomic E-state index is -4.71. The van der Waals surface area contributed by atoms with Crippen LogP contribution in [0.3, 0.4) is 0 Å². The molecule has 0 spiro atoms. The summed E-state index contributed by atoms with van der Waals surface area (Å²) in [5.41, 5.74) is 1.39. The first-order valence-corrected chi connectivity index (χ1v) is 5.22. The van der Waals surface area contributed by atoms with Crippen LogP contribution in [0, 0.1) is 5.92 Å². The lowest BCUT2D eigenvalue weighted by atomic mass is 9.98. The molecule has 1 aromatic rings. The summed E-state index contributed by atoms with van der Waals surface area (Å²) >= 11 is 0. The van der Waals surface area contributed by atoms with E-state index in [-0.39, 0.29) is 0 Å². The van der Waals surface area contributed by atoms with Gasteiger partial charge >= 0.3 is 12.1 Å². The summed E-state index contributed by atoms with van der Waals surface area (Å²) in [6, 6.07) is 6.51. The van der Waals surface area contributed by atoms with Crippen LogP contribution in [-0.4, -0.2) is 17.3 Å². The van der Waals surface area contributed by atoms with Crippen molar-refractivity contribution >= 4 is 5.97 Å². The smallest absolute Gasteiger partial charge is 0.402 e. The van der Waals surface area contributed by atoms with Gasteiger partial charge in [0.05, 0.1) is 0 Å². The van der Waals surface area contributed by atoms with Gasteiger partial charge in [0.2, 0.25) is 0 Å². The van der Waals surface area contributed by atoms with E-state index in [1.165, 1.54) is 0 Å². The molecule has 0 aromatic heterocycles. The van der Waals surface area contributed by atoms with Crippen molar-refractivity contribution in [3.05, 3.63) is 35.4 Å². The number of carboxylic acids is 1. The van der Waals surface area contributed by atoms with Gasteiger partial charge in [-0.1, -0.05) is 31.2 Å². The predicted octanol–water partition coefficient (Wildman–Crippen LogP) is 3.05. The molecule has 1 aromatic carbocycles. The molecule has 0 fully saturated rings. The summed E-state index contributed by atoms with van der Waals surface area (Å²) in [6.07, 6.45) is -4.44. The van der Waals surface area contributed by atoms with E-state index in [0.29, 0.717) is 5.56 Å². The van der Waals surface area contributed by atoms with E-state index >= 15 is 0 Å². The number of hydrogen-bond donors (Lipinski definition) is 1. The second-order valence-electron chi connectivity index (χ2n) is 3.81. The van der Waals surface area contributed by atoms with E-state index in [4.69, 9.17) is 5.11 Å². The highest BCUT2D eigenvalue weighted by molar-refractivity contribution is 5.71. The van der Waals surface area contributed by atoms with Crippen LogP contribution < -0.4 is 0 Å². The molecule has 0 saturated carbocycles. The summed E-state index contributed by atoms with van der Waals surface area (Å²) in [7, 11) is 0. The molecule has 17 heavy (non-hydrogen) atoms. The fraction of sp³-hybridized carbons (Fsp3) is 0.417. The van der Waals surface area contributed by atoms with Crippen molar-refractivity contribution in [3.8, 4) is 0 Å². The predicted molar refractivity (Wildman–Crippen MR) is 56.7 cm³/mol. The standard InChI is InChI=1S/C12H13F3O2/c1-2-8-3-5-9(6-4-8)7-10(11(16)17)12(13,14)15/h3-6,10H,2,7H2,1H3,(H,16,17). The Morgan fingerprint density at radius 1 is 1.24 bits per heavy atom. The number of carbonyl (C=O) groups is 1. The minimum absolute atomic E-state index is 0.381. The molecule has 0 aliphatic rings. The third-order valence-corrected chi connectivity index (χ3v) is 2.56. The SMILES string of the molecule is CCc1ccc(CC(C(=O)O)C(F)(F)F)cc1. The summed E-state index contributed by atoms with van der Waals surface area (Å²) in [5, 5.41) is 8.55. The normalized spacial score (nSPS) is 13.4. The largest absolute Gasteiger partial charge is 0.481 e. The molecule has 1 rings (SSSR count). The van der Waals surface area contributed by atoms with Gasteiger partial charge < -0.3 is 5.11 Å². The van der Waals surface area contributed by atoms with Gasteiger partial charge in [0.25, 0.3) is 0 Å². The molecule has 0 saturated heterocycles. The van der Waals surface area contributed by atoms with Crippen LogP contribution in [0.25, 0.3) is 0 Å². The highest BCUT2D eigenvalue weighted by atomic mass is 19.4. The molecule has 0 heterocycles. The van der Waals surface area contributed by atoms with Crippen molar-refractivity contribution in [1.82, 2.24) is 0 Å². The molecule has 0 amide bonds. The maximum Gasteiger partial charge on any atom is 0.402 e. The Morgan fingerprint density at radius 3 is 2.06 bits per heavy atom. The van der Waals surface area contributed by atoms with Crippen LogP contribution in [0.1, 0.15) is 18.1 Å². The maximum absolute atomic E-state index is 12.4. The van der Waals surface area contributed by atoms with E-state index in [1.54, 1.807) is 24.3 Å². The number of alkyl halides is 3. The van der Waals surface area contributed by atoms with Gasteiger partial charge in [-0.3, -0.25) is 4.79 Å². The first-order valence-electron chi connectivity index (χ1n) is 5.22. The van der Waals surface area contributed by atoms with Crippen LogP contribution in [0.4, 0.5) is 13.2 Å². The number of benzene rings is 1. The molecule has 94 valence electrons. The molecule has 5 heteroatoms. The fourth-order valence-corrected chi connectivity index (χ4v) is 1.49.